The lowest BCUT2D eigenvalue weighted by molar-refractivity contribution is -0.384. The molecule has 1 aromatic rings. The highest BCUT2D eigenvalue weighted by Crippen LogP contribution is 2.32. The van der Waals surface area contributed by atoms with E-state index in [1.54, 1.807) is 0 Å². The highest BCUT2D eigenvalue weighted by molar-refractivity contribution is 5.92. The lowest BCUT2D eigenvalue weighted by Crippen LogP contribution is -2.28. The van der Waals surface area contributed by atoms with E-state index in [0.717, 1.165) is 14.2 Å². The van der Waals surface area contributed by atoms with Crippen LogP contribution in [0.5, 0.6) is 0 Å². The average molecular weight is 318 g/mol. The maximum atomic E-state index is 14.0. The second-order valence-electron chi connectivity index (χ2n) is 4.08. The van der Waals surface area contributed by atoms with Crippen molar-refractivity contribution in [1.82, 2.24) is 0 Å². The van der Waals surface area contributed by atoms with E-state index in [0.29, 0.717) is 6.07 Å². The van der Waals surface area contributed by atoms with Gasteiger partial charge in [-0.15, -0.1) is 0 Å². The van der Waals surface area contributed by atoms with Gasteiger partial charge in [0.05, 0.1) is 19.1 Å². The molecule has 0 aromatic heterocycles. The summed E-state index contributed by atoms with van der Waals surface area (Å²) in [7, 11) is 1.98. The van der Waals surface area contributed by atoms with Gasteiger partial charge in [-0.25, -0.2) is 18.4 Å². The molecule has 120 valence electrons. The number of nitrogens with one attached hydrogen (secondary N) is 1. The number of ether oxygens (including phenoxy) is 2. The van der Waals surface area contributed by atoms with E-state index in [4.69, 9.17) is 0 Å². The van der Waals surface area contributed by atoms with Gasteiger partial charge in [-0.2, -0.15) is 0 Å². The molecule has 1 atom stereocenters. The first-order valence-electron chi connectivity index (χ1n) is 5.83. The van der Waals surface area contributed by atoms with Gasteiger partial charge in [0.1, 0.15) is 11.6 Å². The molecule has 1 unspecified atom stereocenters. The summed E-state index contributed by atoms with van der Waals surface area (Å²) in [4.78, 5) is 32.5. The quantitative estimate of drug-likeness (QED) is 0.499. The predicted octanol–water partition coefficient (Wildman–Crippen LogP) is 1.63. The number of esters is 2. The normalized spacial score (nSPS) is 11.5. The van der Waals surface area contributed by atoms with E-state index in [-0.39, 0.29) is 0 Å². The minimum absolute atomic E-state index is 0.524. The van der Waals surface area contributed by atoms with Gasteiger partial charge in [0.2, 0.25) is 0 Å². The minimum atomic E-state index is -1.68. The maximum Gasteiger partial charge on any atom is 0.341 e. The number of nitro benzene ring substituents is 1. The van der Waals surface area contributed by atoms with Gasteiger partial charge < -0.3 is 14.8 Å². The first-order chi connectivity index (χ1) is 10.2. The Labute approximate surface area is 123 Å². The van der Waals surface area contributed by atoms with Crippen LogP contribution in [0.15, 0.2) is 6.07 Å². The van der Waals surface area contributed by atoms with Crippen LogP contribution in [0.25, 0.3) is 0 Å². The first kappa shape index (κ1) is 17.3. The standard InChI is InChI=1S/C12H12F2N2O6/c1-5(11(17)21-2)15-10-7(16(19)20)4-6(12(18)22-3)8(13)9(10)14/h4-5,15H,1-3H3. The number of benzene rings is 1. The molecule has 1 rings (SSSR count). The third kappa shape index (κ3) is 3.27. The fourth-order valence-electron chi connectivity index (χ4n) is 1.60. The van der Waals surface area contributed by atoms with Crippen LogP contribution in [0.4, 0.5) is 20.2 Å². The van der Waals surface area contributed by atoms with Crippen molar-refractivity contribution in [2.24, 2.45) is 0 Å². The number of anilines is 1. The molecule has 0 aliphatic rings. The summed E-state index contributed by atoms with van der Waals surface area (Å²) in [6.45, 7) is 1.24. The molecule has 0 saturated heterocycles. The van der Waals surface area contributed by atoms with Crippen molar-refractivity contribution < 1.29 is 32.8 Å². The van der Waals surface area contributed by atoms with Crippen LogP contribution >= 0.6 is 0 Å². The predicted molar refractivity (Wildman–Crippen MR) is 69.5 cm³/mol. The highest BCUT2D eigenvalue weighted by Gasteiger charge is 2.30. The zero-order valence-corrected chi connectivity index (χ0v) is 11.8. The number of nitro groups is 1. The highest BCUT2D eigenvalue weighted by atomic mass is 19.2. The molecular formula is C12H12F2N2O6. The molecule has 0 aliphatic heterocycles. The van der Waals surface area contributed by atoms with Crippen molar-refractivity contribution in [2.75, 3.05) is 19.5 Å². The number of carbonyl (C=O) groups excluding carboxylic acids is 2. The Kier molecular flexibility index (Phi) is 5.33. The Hall–Kier alpha value is -2.78. The number of carbonyl (C=O) groups is 2. The van der Waals surface area contributed by atoms with Gasteiger partial charge in [0, 0.05) is 6.07 Å². The van der Waals surface area contributed by atoms with E-state index in [1.165, 1.54) is 6.92 Å². The molecule has 0 aliphatic carbocycles. The summed E-state index contributed by atoms with van der Waals surface area (Å²) < 4.78 is 36.4. The van der Waals surface area contributed by atoms with Gasteiger partial charge in [-0.3, -0.25) is 10.1 Å². The third-order valence-corrected chi connectivity index (χ3v) is 2.70. The van der Waals surface area contributed by atoms with Crippen molar-refractivity contribution in [1.29, 1.82) is 0 Å². The molecular weight excluding hydrogens is 306 g/mol. The van der Waals surface area contributed by atoms with E-state index in [1.807, 2.05) is 0 Å². The van der Waals surface area contributed by atoms with Crippen LogP contribution in [0.3, 0.4) is 0 Å². The van der Waals surface area contributed by atoms with E-state index < -0.39 is 51.5 Å². The zero-order valence-electron chi connectivity index (χ0n) is 11.8. The van der Waals surface area contributed by atoms with Crippen LogP contribution in [-0.2, 0) is 14.3 Å². The van der Waals surface area contributed by atoms with Crippen LogP contribution in [0, 0.1) is 21.7 Å². The number of halogens is 2. The molecule has 1 N–H and O–H groups in total. The fourth-order valence-corrected chi connectivity index (χ4v) is 1.60. The number of hydrogen-bond acceptors (Lipinski definition) is 7. The third-order valence-electron chi connectivity index (χ3n) is 2.70. The number of methoxy groups -OCH3 is 2. The maximum absolute atomic E-state index is 14.0. The van der Waals surface area contributed by atoms with Crippen molar-refractivity contribution >= 4 is 23.3 Å². The molecule has 0 spiro atoms. The summed E-state index contributed by atoms with van der Waals surface area (Å²) in [5, 5.41) is 13.1. The van der Waals surface area contributed by atoms with Crippen molar-refractivity contribution in [3.05, 3.63) is 33.4 Å². The first-order valence-corrected chi connectivity index (χ1v) is 5.83. The fraction of sp³-hybridized carbons (Fsp3) is 0.333. The average Bonchev–Trinajstić information content (AvgIpc) is 2.49. The van der Waals surface area contributed by atoms with E-state index >= 15 is 0 Å². The van der Waals surface area contributed by atoms with Gasteiger partial charge in [0.25, 0.3) is 5.69 Å². The molecule has 0 radical (unpaired) electrons. The van der Waals surface area contributed by atoms with E-state index in [9.17, 15) is 28.5 Å². The summed E-state index contributed by atoms with van der Waals surface area (Å²) in [5.41, 5.74) is -2.72. The second-order valence-corrected chi connectivity index (χ2v) is 4.08. The molecule has 0 heterocycles. The summed E-state index contributed by atoms with van der Waals surface area (Å²) in [5.74, 6) is -5.42. The number of nitrogens with zero attached hydrogens (tertiary/aromatic N) is 1. The molecule has 0 bridgehead atoms. The monoisotopic (exact) mass is 318 g/mol. The molecule has 8 nitrogen and oxygen atoms in total. The summed E-state index contributed by atoms with van der Waals surface area (Å²) in [6, 6.07) is -0.655. The van der Waals surface area contributed by atoms with Crippen molar-refractivity contribution in [3.63, 3.8) is 0 Å². The van der Waals surface area contributed by atoms with Gasteiger partial charge in [-0.05, 0) is 6.92 Å². The van der Waals surface area contributed by atoms with Crippen LogP contribution in [0.2, 0.25) is 0 Å². The smallest absolute Gasteiger partial charge is 0.341 e. The molecule has 0 saturated carbocycles. The van der Waals surface area contributed by atoms with Crippen LogP contribution in [0.1, 0.15) is 17.3 Å². The molecule has 0 amide bonds. The molecule has 0 fully saturated rings. The summed E-state index contributed by atoms with van der Waals surface area (Å²) in [6.07, 6.45) is 0. The Morgan fingerprint density at radius 2 is 1.86 bits per heavy atom. The minimum Gasteiger partial charge on any atom is -0.467 e. The number of rotatable bonds is 5. The van der Waals surface area contributed by atoms with Crippen molar-refractivity contribution in [2.45, 2.75) is 13.0 Å². The Bertz CT molecular complexity index is 635. The SMILES string of the molecule is COC(=O)c1cc([N+](=O)[O-])c(NC(C)C(=O)OC)c(F)c1F. The zero-order chi connectivity index (χ0) is 17.0. The Morgan fingerprint density at radius 3 is 2.32 bits per heavy atom. The van der Waals surface area contributed by atoms with Gasteiger partial charge >= 0.3 is 11.9 Å². The van der Waals surface area contributed by atoms with Crippen molar-refractivity contribution in [3.8, 4) is 0 Å². The second kappa shape index (κ2) is 6.78. The number of hydrogen-bond donors (Lipinski definition) is 1. The molecule has 1 aromatic carbocycles. The molecule has 22 heavy (non-hydrogen) atoms. The van der Waals surface area contributed by atoms with Crippen LogP contribution < -0.4 is 5.32 Å². The largest absolute Gasteiger partial charge is 0.467 e. The van der Waals surface area contributed by atoms with E-state index in [2.05, 4.69) is 14.8 Å². The van der Waals surface area contributed by atoms with Gasteiger partial charge in [0.15, 0.2) is 17.3 Å². The topological polar surface area (TPSA) is 108 Å². The summed E-state index contributed by atoms with van der Waals surface area (Å²) >= 11 is 0. The lowest BCUT2D eigenvalue weighted by atomic mass is 10.1. The van der Waals surface area contributed by atoms with Crippen LogP contribution in [-0.4, -0.2) is 37.1 Å². The molecule has 10 heteroatoms. The lowest BCUT2D eigenvalue weighted by Gasteiger charge is -2.14. The Balaban J connectivity index is 3.44. The van der Waals surface area contributed by atoms with Gasteiger partial charge in [-0.1, -0.05) is 0 Å². The Morgan fingerprint density at radius 1 is 1.27 bits per heavy atom.